The highest BCUT2D eigenvalue weighted by atomic mass is 79.9. The van der Waals surface area contributed by atoms with Crippen LogP contribution >= 0.6 is 38.9 Å². The first-order valence-electron chi connectivity index (χ1n) is 5.62. The predicted octanol–water partition coefficient (Wildman–Crippen LogP) is 3.12. The third-order valence-electron chi connectivity index (χ3n) is 2.58. The van der Waals surface area contributed by atoms with Crippen LogP contribution < -0.4 is 11.3 Å². The Morgan fingerprint density at radius 2 is 2.30 bits per heavy atom. The molecule has 3 N–H and O–H groups in total. The van der Waals surface area contributed by atoms with Gasteiger partial charge in [-0.15, -0.1) is 11.3 Å². The van der Waals surface area contributed by atoms with Crippen LogP contribution in [0.4, 0.5) is 5.82 Å². The van der Waals surface area contributed by atoms with E-state index in [-0.39, 0.29) is 11.1 Å². The van der Waals surface area contributed by atoms with Gasteiger partial charge < -0.3 is 10.3 Å². The van der Waals surface area contributed by atoms with Crippen molar-refractivity contribution in [3.8, 4) is 0 Å². The van der Waals surface area contributed by atoms with Crippen LogP contribution in [-0.4, -0.2) is 22.8 Å². The number of hydrazine groups is 1. The maximum Gasteiger partial charge on any atom is 0.254 e. The van der Waals surface area contributed by atoms with Crippen molar-refractivity contribution in [3.63, 3.8) is 0 Å². The average molecular weight is 376 g/mol. The van der Waals surface area contributed by atoms with E-state index in [9.17, 15) is 4.79 Å². The van der Waals surface area contributed by atoms with E-state index in [2.05, 4.69) is 26.3 Å². The Labute approximate surface area is 133 Å². The van der Waals surface area contributed by atoms with Gasteiger partial charge in [0.1, 0.15) is 11.0 Å². The number of thiophene rings is 1. The molecule has 8 heteroatoms. The fourth-order valence-corrected chi connectivity index (χ4v) is 3.10. The molecule has 0 spiro atoms. The zero-order valence-electron chi connectivity index (χ0n) is 10.6. The molecule has 0 bridgehead atoms. The minimum atomic E-state index is -0.145. The van der Waals surface area contributed by atoms with Crippen LogP contribution in [-0.2, 0) is 6.54 Å². The van der Waals surface area contributed by atoms with Crippen LogP contribution in [0.1, 0.15) is 15.9 Å². The molecule has 106 valence electrons. The second kappa shape index (κ2) is 6.53. The maximum absolute atomic E-state index is 12.3. The lowest BCUT2D eigenvalue weighted by Gasteiger charge is -2.17. The number of pyridine rings is 1. The number of aromatic nitrogens is 1. The molecule has 0 saturated heterocycles. The number of rotatable bonds is 4. The molecule has 1 amide bonds. The molecule has 20 heavy (non-hydrogen) atoms. The number of halogens is 2. The van der Waals surface area contributed by atoms with E-state index >= 15 is 0 Å². The number of hydrogen-bond donors (Lipinski definition) is 2. The lowest BCUT2D eigenvalue weighted by molar-refractivity contribution is 0.0785. The van der Waals surface area contributed by atoms with Gasteiger partial charge in [0.25, 0.3) is 5.91 Å². The molecule has 0 aromatic carbocycles. The predicted molar refractivity (Wildman–Crippen MR) is 84.9 cm³/mol. The van der Waals surface area contributed by atoms with Gasteiger partial charge in [-0.1, -0.05) is 11.6 Å². The molecular weight excluding hydrogens is 364 g/mol. The van der Waals surface area contributed by atoms with Gasteiger partial charge in [-0.05, 0) is 45.1 Å². The first-order valence-corrected chi connectivity index (χ1v) is 7.67. The highest BCUT2D eigenvalue weighted by Crippen LogP contribution is 2.22. The van der Waals surface area contributed by atoms with Crippen LogP contribution in [0.2, 0.25) is 5.15 Å². The highest BCUT2D eigenvalue weighted by Gasteiger charge is 2.14. The van der Waals surface area contributed by atoms with Gasteiger partial charge in [0, 0.05) is 19.2 Å². The van der Waals surface area contributed by atoms with Gasteiger partial charge in [0.2, 0.25) is 0 Å². The van der Waals surface area contributed by atoms with E-state index in [0.717, 1.165) is 9.35 Å². The van der Waals surface area contributed by atoms with Crippen LogP contribution in [0, 0.1) is 0 Å². The second-order valence-corrected chi connectivity index (χ2v) is 6.81. The lowest BCUT2D eigenvalue weighted by atomic mass is 10.2. The Bertz CT molecular complexity index is 634. The van der Waals surface area contributed by atoms with Crippen LogP contribution in [0.3, 0.4) is 0 Å². The Balaban J connectivity index is 2.15. The van der Waals surface area contributed by atoms with E-state index < -0.39 is 0 Å². The van der Waals surface area contributed by atoms with Crippen LogP contribution in [0.5, 0.6) is 0 Å². The van der Waals surface area contributed by atoms with Crippen molar-refractivity contribution in [2.24, 2.45) is 5.84 Å². The number of carbonyl (C=O) groups excluding carboxylic acids is 1. The zero-order chi connectivity index (χ0) is 14.7. The zero-order valence-corrected chi connectivity index (χ0v) is 13.7. The van der Waals surface area contributed by atoms with E-state index in [4.69, 9.17) is 17.4 Å². The summed E-state index contributed by atoms with van der Waals surface area (Å²) in [6.45, 7) is 0.520. The van der Waals surface area contributed by atoms with Crippen molar-refractivity contribution in [3.05, 3.63) is 43.6 Å². The highest BCUT2D eigenvalue weighted by molar-refractivity contribution is 9.11. The van der Waals surface area contributed by atoms with E-state index in [0.29, 0.717) is 17.9 Å². The van der Waals surface area contributed by atoms with Gasteiger partial charge in [0.15, 0.2) is 0 Å². The molecule has 5 nitrogen and oxygen atoms in total. The molecule has 0 saturated carbocycles. The lowest BCUT2D eigenvalue weighted by Crippen LogP contribution is -2.26. The summed E-state index contributed by atoms with van der Waals surface area (Å²) in [6, 6.07) is 5.07. The van der Waals surface area contributed by atoms with E-state index in [1.807, 2.05) is 11.4 Å². The topological polar surface area (TPSA) is 71.2 Å². The third-order valence-corrected chi connectivity index (χ3v) is 4.32. The van der Waals surface area contributed by atoms with E-state index in [1.54, 1.807) is 29.4 Å². The minimum absolute atomic E-state index is 0.145. The quantitative estimate of drug-likeness (QED) is 0.489. The molecule has 0 aliphatic carbocycles. The molecule has 2 rings (SSSR count). The molecule has 0 radical (unpaired) electrons. The maximum atomic E-state index is 12.3. The Morgan fingerprint density at radius 3 is 2.90 bits per heavy atom. The van der Waals surface area contributed by atoms with Gasteiger partial charge in [-0.25, -0.2) is 10.8 Å². The monoisotopic (exact) mass is 374 g/mol. The number of hydrogen-bond acceptors (Lipinski definition) is 5. The van der Waals surface area contributed by atoms with Gasteiger partial charge >= 0.3 is 0 Å². The SMILES string of the molecule is CN(Cc1csc(Br)c1)C(=O)c1cc(Cl)nc(NN)c1. The molecule has 0 unspecified atom stereocenters. The fourth-order valence-electron chi connectivity index (χ4n) is 1.69. The standard InChI is InChI=1S/C12H12BrClN4OS/c1-18(5-7-2-9(13)20-6-7)12(19)8-3-10(14)16-11(4-8)17-15/h2-4,6H,5,15H2,1H3,(H,16,17). The summed E-state index contributed by atoms with van der Waals surface area (Å²) in [5.74, 6) is 5.50. The first kappa shape index (κ1) is 15.2. The van der Waals surface area contributed by atoms with Crippen LogP contribution in [0.15, 0.2) is 27.4 Å². The normalized spacial score (nSPS) is 10.4. The van der Waals surface area contributed by atoms with E-state index in [1.165, 1.54) is 6.07 Å². The summed E-state index contributed by atoms with van der Waals surface area (Å²) in [4.78, 5) is 17.9. The molecular formula is C12H12BrClN4OS. The van der Waals surface area contributed by atoms with Gasteiger partial charge in [-0.2, -0.15) is 0 Å². The fraction of sp³-hybridized carbons (Fsp3) is 0.167. The molecule has 2 aromatic rings. The van der Waals surface area contributed by atoms with Crippen molar-refractivity contribution in [1.82, 2.24) is 9.88 Å². The Kier molecular flexibility index (Phi) is 4.98. The third kappa shape index (κ3) is 3.69. The molecule has 2 heterocycles. The van der Waals surface area contributed by atoms with Crippen molar-refractivity contribution in [2.75, 3.05) is 12.5 Å². The van der Waals surface area contributed by atoms with Gasteiger partial charge in [-0.3, -0.25) is 4.79 Å². The number of anilines is 1. The summed E-state index contributed by atoms with van der Waals surface area (Å²) in [5, 5.41) is 2.22. The molecule has 2 aromatic heterocycles. The largest absolute Gasteiger partial charge is 0.337 e. The molecule has 0 aliphatic heterocycles. The summed E-state index contributed by atoms with van der Waals surface area (Å²) < 4.78 is 1.04. The van der Waals surface area contributed by atoms with Crippen molar-refractivity contribution >= 4 is 50.6 Å². The Morgan fingerprint density at radius 1 is 1.55 bits per heavy atom. The summed E-state index contributed by atoms with van der Waals surface area (Å²) in [6.07, 6.45) is 0. The molecule has 0 atom stereocenters. The first-order chi connectivity index (χ1) is 9.49. The summed E-state index contributed by atoms with van der Waals surface area (Å²) in [5.41, 5.74) is 3.89. The number of nitrogens with two attached hydrogens (primary N) is 1. The average Bonchev–Trinajstić information content (AvgIpc) is 2.82. The summed E-state index contributed by atoms with van der Waals surface area (Å²) in [7, 11) is 1.73. The van der Waals surface area contributed by atoms with Gasteiger partial charge in [0.05, 0.1) is 3.79 Å². The second-order valence-electron chi connectivity index (χ2n) is 4.13. The van der Waals surface area contributed by atoms with Crippen LogP contribution in [0.25, 0.3) is 0 Å². The minimum Gasteiger partial charge on any atom is -0.337 e. The number of amides is 1. The number of nitrogens with zero attached hydrogens (tertiary/aromatic N) is 2. The van der Waals surface area contributed by atoms with Crippen molar-refractivity contribution < 1.29 is 4.79 Å². The molecule has 0 aliphatic rings. The smallest absolute Gasteiger partial charge is 0.254 e. The Hall–Kier alpha value is -1.15. The van der Waals surface area contributed by atoms with Crippen molar-refractivity contribution in [2.45, 2.75) is 6.54 Å². The number of nitrogen functional groups attached to an aromatic ring is 1. The number of carbonyl (C=O) groups is 1. The van der Waals surface area contributed by atoms with Crippen molar-refractivity contribution in [1.29, 1.82) is 0 Å². The number of nitrogens with one attached hydrogen (secondary N) is 1. The molecule has 0 fully saturated rings. The summed E-state index contributed by atoms with van der Waals surface area (Å²) >= 11 is 10.8.